The Labute approximate surface area is 118 Å². The fourth-order valence-electron chi connectivity index (χ4n) is 3.44. The smallest absolute Gasteiger partial charge is 0.0772 e. The van der Waals surface area contributed by atoms with Crippen LogP contribution in [0.15, 0.2) is 0 Å². The molecule has 1 heterocycles. The van der Waals surface area contributed by atoms with E-state index in [4.69, 9.17) is 0 Å². The van der Waals surface area contributed by atoms with Crippen LogP contribution in [0.2, 0.25) is 0 Å². The van der Waals surface area contributed by atoms with Crippen molar-refractivity contribution in [3.8, 4) is 0 Å². The fraction of sp³-hybridized carbons (Fsp3) is 1.00. The lowest BCUT2D eigenvalue weighted by Crippen LogP contribution is -2.49. The molecule has 1 aliphatic carbocycles. The van der Waals surface area contributed by atoms with Gasteiger partial charge in [-0.1, -0.05) is 20.3 Å². The molecule has 1 unspecified atom stereocenters. The molecule has 1 aliphatic heterocycles. The molecule has 2 fully saturated rings. The van der Waals surface area contributed by atoms with Gasteiger partial charge in [0.15, 0.2) is 0 Å². The maximum absolute atomic E-state index is 10.6. The summed E-state index contributed by atoms with van der Waals surface area (Å²) in [5.41, 5.74) is -0.0292. The molecule has 1 atom stereocenters. The van der Waals surface area contributed by atoms with E-state index in [1.807, 2.05) is 0 Å². The molecule has 2 N–H and O–H groups in total. The van der Waals surface area contributed by atoms with Gasteiger partial charge in [-0.05, 0) is 57.5 Å². The quantitative estimate of drug-likeness (QED) is 0.822. The molecule has 1 saturated carbocycles. The first-order chi connectivity index (χ1) is 8.90. The Balaban J connectivity index is 1.70. The van der Waals surface area contributed by atoms with E-state index in [9.17, 15) is 5.11 Å². The first-order valence-electron chi connectivity index (χ1n) is 8.04. The Hall–Kier alpha value is -0.120. The van der Waals surface area contributed by atoms with Crippen molar-refractivity contribution in [1.82, 2.24) is 10.2 Å². The van der Waals surface area contributed by atoms with Crippen LogP contribution in [0.1, 0.15) is 58.8 Å². The normalized spacial score (nSPS) is 31.3. The number of nitrogens with one attached hydrogen (secondary N) is 1. The number of likely N-dealkylation sites (tertiary alicyclic amines) is 1. The van der Waals surface area contributed by atoms with Gasteiger partial charge in [0.25, 0.3) is 0 Å². The predicted octanol–water partition coefficient (Wildman–Crippen LogP) is 2.39. The van der Waals surface area contributed by atoms with Crippen LogP contribution in [0, 0.1) is 5.41 Å². The van der Waals surface area contributed by atoms with Crippen molar-refractivity contribution in [3.05, 3.63) is 0 Å². The summed E-state index contributed by atoms with van der Waals surface area (Å²) in [4.78, 5) is 2.46. The molecule has 112 valence electrons. The molecule has 0 bridgehead atoms. The minimum atomic E-state index is -0.456. The largest absolute Gasteiger partial charge is 0.389 e. The number of hydrogen-bond donors (Lipinski definition) is 2. The zero-order chi connectivity index (χ0) is 13.9. The Morgan fingerprint density at radius 1 is 1.16 bits per heavy atom. The molecule has 3 heteroatoms. The summed E-state index contributed by atoms with van der Waals surface area (Å²) >= 11 is 0. The van der Waals surface area contributed by atoms with Crippen molar-refractivity contribution in [2.24, 2.45) is 5.41 Å². The molecule has 2 aliphatic rings. The van der Waals surface area contributed by atoms with Crippen LogP contribution in [0.3, 0.4) is 0 Å². The highest BCUT2D eigenvalue weighted by molar-refractivity contribution is 4.91. The number of aliphatic hydroxyl groups is 1. The van der Waals surface area contributed by atoms with Gasteiger partial charge in [0.05, 0.1) is 5.60 Å². The van der Waals surface area contributed by atoms with Gasteiger partial charge in [0.2, 0.25) is 0 Å². The number of likely N-dealkylation sites (N-methyl/N-ethyl adjacent to an activating group) is 1. The molecule has 1 saturated heterocycles. The topological polar surface area (TPSA) is 35.5 Å². The summed E-state index contributed by atoms with van der Waals surface area (Å²) in [6, 6.07) is 0.664. The van der Waals surface area contributed by atoms with Gasteiger partial charge >= 0.3 is 0 Å². The third-order valence-corrected chi connectivity index (χ3v) is 5.29. The molecule has 0 aromatic carbocycles. The Morgan fingerprint density at radius 2 is 1.84 bits per heavy atom. The van der Waals surface area contributed by atoms with Crippen LogP contribution in [-0.2, 0) is 0 Å². The fourth-order valence-corrected chi connectivity index (χ4v) is 3.44. The molecule has 0 aromatic heterocycles. The molecule has 0 aromatic rings. The Morgan fingerprint density at radius 3 is 2.47 bits per heavy atom. The summed E-state index contributed by atoms with van der Waals surface area (Å²) in [6.45, 7) is 7.66. The standard InChI is InChI=1S/C16H32N2O/c1-15(2)7-9-16(19,10-8-15)13-17-12-14-6-4-5-11-18(14)3/h14,17,19H,4-13H2,1-3H3. The van der Waals surface area contributed by atoms with E-state index in [0.29, 0.717) is 11.5 Å². The van der Waals surface area contributed by atoms with Crippen molar-refractivity contribution < 1.29 is 5.11 Å². The second-order valence-electron chi connectivity index (χ2n) is 7.65. The van der Waals surface area contributed by atoms with E-state index in [-0.39, 0.29) is 0 Å². The highest BCUT2D eigenvalue weighted by atomic mass is 16.3. The van der Waals surface area contributed by atoms with E-state index in [2.05, 4.69) is 31.1 Å². The van der Waals surface area contributed by atoms with Crippen molar-refractivity contribution in [2.45, 2.75) is 70.4 Å². The van der Waals surface area contributed by atoms with Gasteiger partial charge in [0, 0.05) is 19.1 Å². The number of rotatable bonds is 4. The van der Waals surface area contributed by atoms with E-state index in [0.717, 1.165) is 38.8 Å². The second kappa shape index (κ2) is 6.11. The number of hydrogen-bond acceptors (Lipinski definition) is 3. The Bertz CT molecular complexity index is 280. The lowest BCUT2D eigenvalue weighted by molar-refractivity contribution is -0.0253. The molecule has 0 radical (unpaired) electrons. The average molecular weight is 268 g/mol. The SMILES string of the molecule is CN1CCCCC1CNCC1(O)CCC(C)(C)CC1. The third kappa shape index (κ3) is 4.44. The summed E-state index contributed by atoms with van der Waals surface area (Å²) in [5.74, 6) is 0. The maximum atomic E-state index is 10.6. The first kappa shape index (κ1) is 15.3. The van der Waals surface area contributed by atoms with Crippen LogP contribution in [0.25, 0.3) is 0 Å². The monoisotopic (exact) mass is 268 g/mol. The maximum Gasteiger partial charge on any atom is 0.0772 e. The number of nitrogens with zero attached hydrogens (tertiary/aromatic N) is 1. The second-order valence-corrected chi connectivity index (χ2v) is 7.65. The molecule has 0 amide bonds. The molecular weight excluding hydrogens is 236 g/mol. The summed E-state index contributed by atoms with van der Waals surface area (Å²) in [5, 5.41) is 14.2. The minimum absolute atomic E-state index is 0.426. The summed E-state index contributed by atoms with van der Waals surface area (Å²) in [6.07, 6.45) is 8.19. The van der Waals surface area contributed by atoms with Crippen molar-refractivity contribution in [1.29, 1.82) is 0 Å². The van der Waals surface area contributed by atoms with Crippen LogP contribution in [0.5, 0.6) is 0 Å². The van der Waals surface area contributed by atoms with Gasteiger partial charge in [-0.15, -0.1) is 0 Å². The lowest BCUT2D eigenvalue weighted by Gasteiger charge is -2.41. The van der Waals surface area contributed by atoms with Crippen LogP contribution >= 0.6 is 0 Å². The van der Waals surface area contributed by atoms with Crippen LogP contribution in [0.4, 0.5) is 0 Å². The third-order valence-electron chi connectivity index (χ3n) is 5.29. The zero-order valence-electron chi connectivity index (χ0n) is 13.0. The van der Waals surface area contributed by atoms with Crippen molar-refractivity contribution in [3.63, 3.8) is 0 Å². The molecule has 3 nitrogen and oxygen atoms in total. The lowest BCUT2D eigenvalue weighted by atomic mass is 9.71. The highest BCUT2D eigenvalue weighted by Crippen LogP contribution is 2.39. The average Bonchev–Trinajstić information content (AvgIpc) is 2.36. The first-order valence-corrected chi connectivity index (χ1v) is 8.04. The van der Waals surface area contributed by atoms with Gasteiger partial charge in [-0.2, -0.15) is 0 Å². The van der Waals surface area contributed by atoms with Crippen molar-refractivity contribution >= 4 is 0 Å². The summed E-state index contributed by atoms with van der Waals surface area (Å²) in [7, 11) is 2.23. The van der Waals surface area contributed by atoms with Crippen LogP contribution in [-0.4, -0.2) is 48.3 Å². The van der Waals surface area contributed by atoms with Gasteiger partial charge in [0.1, 0.15) is 0 Å². The van der Waals surface area contributed by atoms with Gasteiger partial charge < -0.3 is 15.3 Å². The van der Waals surface area contributed by atoms with E-state index in [1.54, 1.807) is 0 Å². The molecule has 2 rings (SSSR count). The highest BCUT2D eigenvalue weighted by Gasteiger charge is 2.36. The van der Waals surface area contributed by atoms with E-state index < -0.39 is 5.60 Å². The predicted molar refractivity (Wildman–Crippen MR) is 80.3 cm³/mol. The van der Waals surface area contributed by atoms with E-state index in [1.165, 1.54) is 25.8 Å². The van der Waals surface area contributed by atoms with Crippen LogP contribution < -0.4 is 5.32 Å². The van der Waals surface area contributed by atoms with Gasteiger partial charge in [-0.3, -0.25) is 0 Å². The number of piperidine rings is 1. The van der Waals surface area contributed by atoms with E-state index >= 15 is 0 Å². The molecular formula is C16H32N2O. The van der Waals surface area contributed by atoms with Gasteiger partial charge in [-0.25, -0.2) is 0 Å². The summed E-state index contributed by atoms with van der Waals surface area (Å²) < 4.78 is 0. The van der Waals surface area contributed by atoms with Crippen molar-refractivity contribution in [2.75, 3.05) is 26.7 Å². The Kier molecular flexibility index (Phi) is 4.91. The molecule has 0 spiro atoms. The molecule has 19 heavy (non-hydrogen) atoms. The zero-order valence-corrected chi connectivity index (χ0v) is 13.0. The minimum Gasteiger partial charge on any atom is -0.389 e.